The van der Waals surface area contributed by atoms with E-state index in [0.29, 0.717) is 10.7 Å². The Kier molecular flexibility index (Phi) is 6.62. The molecule has 2 N–H and O–H groups in total. The van der Waals surface area contributed by atoms with Gasteiger partial charge in [0.2, 0.25) is 0 Å². The number of carbonyl (C=O) groups is 2. The Morgan fingerprint density at radius 3 is 2.84 bits per heavy atom. The number of esters is 1. The SMILES string of the molecule is Cc1csc(C(C#N)C(=O)COC(=O)c2ccccc2NCCO)n1. The summed E-state index contributed by atoms with van der Waals surface area (Å²) in [6, 6.07) is 8.53. The zero-order chi connectivity index (χ0) is 18.2. The lowest BCUT2D eigenvalue weighted by atomic mass is 10.1. The molecule has 0 aliphatic heterocycles. The molecule has 1 heterocycles. The van der Waals surface area contributed by atoms with Crippen molar-refractivity contribution in [2.24, 2.45) is 0 Å². The number of rotatable bonds is 8. The Morgan fingerprint density at radius 1 is 1.44 bits per heavy atom. The predicted octanol–water partition coefficient (Wildman–Crippen LogP) is 1.89. The minimum Gasteiger partial charge on any atom is -0.454 e. The zero-order valence-corrected chi connectivity index (χ0v) is 14.4. The van der Waals surface area contributed by atoms with Crippen LogP contribution in [0.15, 0.2) is 29.6 Å². The van der Waals surface area contributed by atoms with E-state index >= 15 is 0 Å². The number of ketones is 1. The third-order valence-electron chi connectivity index (χ3n) is 3.25. The van der Waals surface area contributed by atoms with Crippen molar-refractivity contribution in [3.63, 3.8) is 0 Å². The second-order valence-electron chi connectivity index (χ2n) is 5.13. The average molecular weight is 359 g/mol. The molecule has 0 saturated carbocycles. The van der Waals surface area contributed by atoms with Gasteiger partial charge >= 0.3 is 5.97 Å². The van der Waals surface area contributed by atoms with Crippen LogP contribution in [0.5, 0.6) is 0 Å². The number of ether oxygens (including phenoxy) is 1. The summed E-state index contributed by atoms with van der Waals surface area (Å²) in [5, 5.41) is 23.1. The number of Topliss-reactive ketones (excluding diaryl/α,β-unsaturated/α-hetero) is 1. The first-order chi connectivity index (χ1) is 12.1. The van der Waals surface area contributed by atoms with Crippen LogP contribution < -0.4 is 5.32 Å². The summed E-state index contributed by atoms with van der Waals surface area (Å²) in [6.07, 6.45) is 0. The van der Waals surface area contributed by atoms with Crippen LogP contribution in [0, 0.1) is 18.3 Å². The van der Waals surface area contributed by atoms with Crippen molar-refractivity contribution in [1.29, 1.82) is 5.26 Å². The number of carbonyl (C=O) groups excluding carboxylic acids is 2. The lowest BCUT2D eigenvalue weighted by molar-refractivity contribution is -0.122. The first-order valence-corrected chi connectivity index (χ1v) is 8.40. The Labute approximate surface area is 148 Å². The highest BCUT2D eigenvalue weighted by molar-refractivity contribution is 7.09. The molecule has 0 aliphatic rings. The highest BCUT2D eigenvalue weighted by Gasteiger charge is 2.25. The van der Waals surface area contributed by atoms with Gasteiger partial charge in [-0.3, -0.25) is 4.79 Å². The number of anilines is 1. The van der Waals surface area contributed by atoms with E-state index in [4.69, 9.17) is 9.84 Å². The van der Waals surface area contributed by atoms with Gasteiger partial charge in [-0.2, -0.15) is 5.26 Å². The average Bonchev–Trinajstić information content (AvgIpc) is 3.04. The van der Waals surface area contributed by atoms with Gasteiger partial charge in [0.25, 0.3) is 0 Å². The summed E-state index contributed by atoms with van der Waals surface area (Å²) >= 11 is 1.22. The van der Waals surface area contributed by atoms with Gasteiger partial charge in [0.1, 0.15) is 5.01 Å². The van der Waals surface area contributed by atoms with Crippen LogP contribution in [0.3, 0.4) is 0 Å². The van der Waals surface area contributed by atoms with Gasteiger partial charge in [-0.1, -0.05) is 12.1 Å². The molecule has 0 aliphatic carbocycles. The molecule has 0 saturated heterocycles. The number of hydrogen-bond acceptors (Lipinski definition) is 8. The number of hydrogen-bond donors (Lipinski definition) is 2. The molecule has 0 radical (unpaired) electrons. The predicted molar refractivity (Wildman–Crippen MR) is 92.5 cm³/mol. The van der Waals surface area contributed by atoms with Gasteiger partial charge in [-0.05, 0) is 19.1 Å². The summed E-state index contributed by atoms with van der Waals surface area (Å²) in [6.45, 7) is 1.46. The Balaban J connectivity index is 2.02. The van der Waals surface area contributed by atoms with E-state index in [2.05, 4.69) is 10.3 Å². The van der Waals surface area contributed by atoms with E-state index in [1.165, 1.54) is 11.3 Å². The molecule has 1 aromatic heterocycles. The molecule has 8 heteroatoms. The van der Waals surface area contributed by atoms with Crippen molar-refractivity contribution >= 4 is 28.8 Å². The van der Waals surface area contributed by atoms with Crippen molar-refractivity contribution < 1.29 is 19.4 Å². The van der Waals surface area contributed by atoms with Crippen LogP contribution in [0.4, 0.5) is 5.69 Å². The van der Waals surface area contributed by atoms with E-state index in [0.717, 1.165) is 5.69 Å². The number of aliphatic hydroxyl groups is 1. The van der Waals surface area contributed by atoms with E-state index in [9.17, 15) is 14.9 Å². The summed E-state index contributed by atoms with van der Waals surface area (Å²) in [4.78, 5) is 28.5. The van der Waals surface area contributed by atoms with Crippen molar-refractivity contribution in [3.8, 4) is 6.07 Å². The molecule has 1 unspecified atom stereocenters. The van der Waals surface area contributed by atoms with Crippen molar-refractivity contribution in [1.82, 2.24) is 4.98 Å². The number of aliphatic hydroxyl groups excluding tert-OH is 1. The van der Waals surface area contributed by atoms with Crippen LogP contribution in [-0.2, 0) is 9.53 Å². The van der Waals surface area contributed by atoms with Crippen LogP contribution in [0.1, 0.15) is 27.0 Å². The van der Waals surface area contributed by atoms with E-state index < -0.39 is 24.3 Å². The Hall–Kier alpha value is -2.76. The highest BCUT2D eigenvalue weighted by atomic mass is 32.1. The zero-order valence-electron chi connectivity index (χ0n) is 13.6. The summed E-state index contributed by atoms with van der Waals surface area (Å²) in [5.74, 6) is -2.25. The van der Waals surface area contributed by atoms with E-state index in [-0.39, 0.29) is 18.7 Å². The van der Waals surface area contributed by atoms with Crippen LogP contribution in [-0.4, -0.2) is 41.6 Å². The number of benzene rings is 1. The number of aromatic nitrogens is 1. The Bertz CT molecular complexity index is 797. The largest absolute Gasteiger partial charge is 0.454 e. The molecule has 7 nitrogen and oxygen atoms in total. The summed E-state index contributed by atoms with van der Waals surface area (Å²) in [7, 11) is 0. The molecular formula is C17H17N3O4S. The Morgan fingerprint density at radius 2 is 2.20 bits per heavy atom. The van der Waals surface area contributed by atoms with Gasteiger partial charge in [0, 0.05) is 23.3 Å². The fourth-order valence-corrected chi connectivity index (χ4v) is 2.93. The molecule has 25 heavy (non-hydrogen) atoms. The fourth-order valence-electron chi connectivity index (χ4n) is 2.07. The molecule has 1 atom stereocenters. The van der Waals surface area contributed by atoms with E-state index in [1.54, 1.807) is 36.6 Å². The topological polar surface area (TPSA) is 112 Å². The molecule has 0 fully saturated rings. The maximum Gasteiger partial charge on any atom is 0.340 e. The second-order valence-corrected chi connectivity index (χ2v) is 6.02. The normalized spacial score (nSPS) is 11.4. The smallest absolute Gasteiger partial charge is 0.340 e. The van der Waals surface area contributed by atoms with Gasteiger partial charge < -0.3 is 15.2 Å². The third-order valence-corrected chi connectivity index (χ3v) is 4.28. The molecule has 0 bridgehead atoms. The van der Waals surface area contributed by atoms with Crippen molar-refractivity contribution in [2.75, 3.05) is 25.1 Å². The number of thiazole rings is 1. The maximum absolute atomic E-state index is 12.2. The van der Waals surface area contributed by atoms with Crippen LogP contribution >= 0.6 is 11.3 Å². The number of para-hydroxylation sites is 1. The number of aryl methyl sites for hydroxylation is 1. The van der Waals surface area contributed by atoms with Crippen molar-refractivity contribution in [3.05, 3.63) is 45.9 Å². The first-order valence-electron chi connectivity index (χ1n) is 7.52. The standard InChI is InChI=1S/C17H17N3O4S/c1-11-10-25-16(20-11)13(8-18)15(22)9-24-17(23)12-4-2-3-5-14(12)19-6-7-21/h2-5,10,13,19,21H,6-7,9H2,1H3. The lowest BCUT2D eigenvalue weighted by Gasteiger charge is -2.11. The summed E-state index contributed by atoms with van der Waals surface area (Å²) in [5.41, 5.74) is 1.48. The molecule has 0 amide bonds. The molecular weight excluding hydrogens is 342 g/mol. The van der Waals surface area contributed by atoms with Crippen LogP contribution in [0.25, 0.3) is 0 Å². The highest BCUT2D eigenvalue weighted by Crippen LogP contribution is 2.21. The van der Waals surface area contributed by atoms with Crippen LogP contribution in [0.2, 0.25) is 0 Å². The van der Waals surface area contributed by atoms with E-state index in [1.807, 2.05) is 6.07 Å². The molecule has 2 rings (SSSR count). The van der Waals surface area contributed by atoms with Gasteiger partial charge in [0.05, 0.1) is 18.2 Å². The molecule has 0 spiro atoms. The van der Waals surface area contributed by atoms with Gasteiger partial charge in [-0.25, -0.2) is 9.78 Å². The lowest BCUT2D eigenvalue weighted by Crippen LogP contribution is -2.20. The summed E-state index contributed by atoms with van der Waals surface area (Å²) < 4.78 is 5.06. The number of nitriles is 1. The fraction of sp³-hybridized carbons (Fsp3) is 0.294. The molecule has 2 aromatic rings. The maximum atomic E-state index is 12.2. The molecule has 1 aromatic carbocycles. The minimum atomic E-state index is -1.05. The number of nitrogens with zero attached hydrogens (tertiary/aromatic N) is 2. The molecule has 130 valence electrons. The quantitative estimate of drug-likeness (QED) is 0.692. The second kappa shape index (κ2) is 8.92. The van der Waals surface area contributed by atoms with Gasteiger partial charge in [0.15, 0.2) is 18.3 Å². The third kappa shape index (κ3) is 4.86. The monoisotopic (exact) mass is 359 g/mol. The van der Waals surface area contributed by atoms with Crippen molar-refractivity contribution in [2.45, 2.75) is 12.8 Å². The minimum absolute atomic E-state index is 0.0844. The first kappa shape index (κ1) is 18.6. The van der Waals surface area contributed by atoms with Gasteiger partial charge in [-0.15, -0.1) is 11.3 Å². The number of nitrogens with one attached hydrogen (secondary N) is 1.